The molecule has 0 spiro atoms. The Morgan fingerprint density at radius 1 is 1.00 bits per heavy atom. The molecule has 2 heterocycles. The van der Waals surface area contributed by atoms with Gasteiger partial charge in [0.15, 0.2) is 0 Å². The zero-order chi connectivity index (χ0) is 16.1. The van der Waals surface area contributed by atoms with E-state index in [2.05, 4.69) is 20.2 Å². The molecule has 0 unspecified atom stereocenters. The van der Waals surface area contributed by atoms with E-state index in [1.165, 1.54) is 19.3 Å². The van der Waals surface area contributed by atoms with Crippen molar-refractivity contribution in [3.8, 4) is 11.5 Å². The van der Waals surface area contributed by atoms with Gasteiger partial charge in [-0.15, -0.1) is 0 Å². The van der Waals surface area contributed by atoms with Crippen LogP contribution < -0.4 is 19.7 Å². The number of ether oxygens (including phenoxy) is 2. The molecule has 2 aromatic rings. The number of piperidine rings is 1. The third-order valence-corrected chi connectivity index (χ3v) is 4.00. The van der Waals surface area contributed by atoms with Crippen molar-refractivity contribution in [2.45, 2.75) is 19.3 Å². The van der Waals surface area contributed by atoms with Gasteiger partial charge in [0, 0.05) is 25.2 Å². The molecule has 0 radical (unpaired) electrons. The van der Waals surface area contributed by atoms with Gasteiger partial charge in [-0.3, -0.25) is 0 Å². The van der Waals surface area contributed by atoms with Gasteiger partial charge >= 0.3 is 0 Å². The molecule has 3 rings (SSSR count). The fourth-order valence-electron chi connectivity index (χ4n) is 2.75. The summed E-state index contributed by atoms with van der Waals surface area (Å²) in [6, 6.07) is 7.63. The number of rotatable bonds is 5. The molecule has 1 saturated heterocycles. The van der Waals surface area contributed by atoms with Crippen LogP contribution in [0, 0.1) is 0 Å². The fourth-order valence-corrected chi connectivity index (χ4v) is 2.75. The summed E-state index contributed by atoms with van der Waals surface area (Å²) in [5.41, 5.74) is 0.844. The normalized spacial score (nSPS) is 14.4. The summed E-state index contributed by atoms with van der Waals surface area (Å²) < 4.78 is 10.6. The summed E-state index contributed by atoms with van der Waals surface area (Å²) in [6.45, 7) is 2.12. The molecule has 0 atom stereocenters. The van der Waals surface area contributed by atoms with Gasteiger partial charge in [0.1, 0.15) is 29.5 Å². The topological polar surface area (TPSA) is 59.5 Å². The molecule has 1 aromatic heterocycles. The monoisotopic (exact) mass is 314 g/mol. The molecular formula is C17H22N4O2. The lowest BCUT2D eigenvalue weighted by atomic mass is 10.1. The van der Waals surface area contributed by atoms with Crippen LogP contribution >= 0.6 is 0 Å². The molecule has 0 amide bonds. The number of methoxy groups -OCH3 is 2. The lowest BCUT2D eigenvalue weighted by Gasteiger charge is -2.27. The third kappa shape index (κ3) is 3.64. The zero-order valence-electron chi connectivity index (χ0n) is 13.6. The number of nitrogens with one attached hydrogen (secondary N) is 1. The van der Waals surface area contributed by atoms with E-state index in [4.69, 9.17) is 9.47 Å². The molecule has 1 fully saturated rings. The molecule has 6 nitrogen and oxygen atoms in total. The minimum Gasteiger partial charge on any atom is -0.497 e. The molecule has 23 heavy (non-hydrogen) atoms. The number of nitrogens with zero attached hydrogens (tertiary/aromatic N) is 3. The summed E-state index contributed by atoms with van der Waals surface area (Å²) in [4.78, 5) is 11.0. The third-order valence-electron chi connectivity index (χ3n) is 4.00. The Morgan fingerprint density at radius 2 is 1.83 bits per heavy atom. The predicted molar refractivity (Wildman–Crippen MR) is 90.9 cm³/mol. The van der Waals surface area contributed by atoms with Gasteiger partial charge in [-0.05, 0) is 31.4 Å². The van der Waals surface area contributed by atoms with Gasteiger partial charge in [0.2, 0.25) is 0 Å². The zero-order valence-corrected chi connectivity index (χ0v) is 13.6. The van der Waals surface area contributed by atoms with E-state index < -0.39 is 0 Å². The second-order valence-electron chi connectivity index (χ2n) is 5.50. The standard InChI is InChI=1S/C17H22N4O2/c1-22-13-6-7-14(15(10-13)23-2)20-16-11-17(19-12-18-16)21-8-4-3-5-9-21/h6-7,10-12H,3-5,8-9H2,1-2H3,(H,18,19,20). The second-order valence-corrected chi connectivity index (χ2v) is 5.50. The molecule has 0 bridgehead atoms. The highest BCUT2D eigenvalue weighted by atomic mass is 16.5. The molecule has 6 heteroatoms. The highest BCUT2D eigenvalue weighted by Gasteiger charge is 2.13. The average molecular weight is 314 g/mol. The summed E-state index contributed by atoms with van der Waals surface area (Å²) in [5, 5.41) is 3.30. The van der Waals surface area contributed by atoms with Gasteiger partial charge in [-0.25, -0.2) is 9.97 Å². The number of hydrogen-bond acceptors (Lipinski definition) is 6. The Balaban J connectivity index is 1.80. The van der Waals surface area contributed by atoms with Crippen LogP contribution in [0.3, 0.4) is 0 Å². The van der Waals surface area contributed by atoms with Gasteiger partial charge in [-0.1, -0.05) is 0 Å². The summed E-state index contributed by atoms with van der Waals surface area (Å²) in [7, 11) is 3.27. The van der Waals surface area contributed by atoms with Crippen molar-refractivity contribution in [3.05, 3.63) is 30.6 Å². The Labute approximate surface area is 136 Å². The van der Waals surface area contributed by atoms with Gasteiger partial charge in [0.05, 0.1) is 19.9 Å². The van der Waals surface area contributed by atoms with E-state index in [-0.39, 0.29) is 0 Å². The van der Waals surface area contributed by atoms with Crippen LogP contribution in [0.25, 0.3) is 0 Å². The Morgan fingerprint density at radius 3 is 2.57 bits per heavy atom. The number of hydrogen-bond donors (Lipinski definition) is 1. The minimum atomic E-state index is 0.711. The van der Waals surface area contributed by atoms with E-state index >= 15 is 0 Å². The number of anilines is 3. The highest BCUT2D eigenvalue weighted by molar-refractivity contribution is 5.67. The first kappa shape index (κ1) is 15.4. The lowest BCUT2D eigenvalue weighted by Crippen LogP contribution is -2.30. The number of benzene rings is 1. The van der Waals surface area contributed by atoms with Crippen molar-refractivity contribution in [3.63, 3.8) is 0 Å². The van der Waals surface area contributed by atoms with Crippen LogP contribution in [0.5, 0.6) is 11.5 Å². The Kier molecular flexibility index (Phi) is 4.80. The molecule has 122 valence electrons. The second kappa shape index (κ2) is 7.17. The first-order chi connectivity index (χ1) is 11.3. The van der Waals surface area contributed by atoms with Crippen LogP contribution in [-0.4, -0.2) is 37.3 Å². The summed E-state index contributed by atoms with van der Waals surface area (Å²) in [5.74, 6) is 3.19. The quantitative estimate of drug-likeness (QED) is 0.914. The fraction of sp³-hybridized carbons (Fsp3) is 0.412. The van der Waals surface area contributed by atoms with Crippen LogP contribution in [-0.2, 0) is 0 Å². The lowest BCUT2D eigenvalue weighted by molar-refractivity contribution is 0.395. The van der Waals surface area contributed by atoms with Crippen molar-refractivity contribution < 1.29 is 9.47 Å². The largest absolute Gasteiger partial charge is 0.497 e. The maximum Gasteiger partial charge on any atom is 0.146 e. The van der Waals surface area contributed by atoms with Crippen LogP contribution in [0.2, 0.25) is 0 Å². The van der Waals surface area contributed by atoms with E-state index in [9.17, 15) is 0 Å². The molecule has 1 N–H and O–H groups in total. The van der Waals surface area contributed by atoms with Crippen molar-refractivity contribution in [2.75, 3.05) is 37.5 Å². The Bertz CT molecular complexity index is 657. The summed E-state index contributed by atoms with van der Waals surface area (Å²) >= 11 is 0. The van der Waals surface area contributed by atoms with Crippen LogP contribution in [0.1, 0.15) is 19.3 Å². The van der Waals surface area contributed by atoms with Crippen LogP contribution in [0.15, 0.2) is 30.6 Å². The molecular weight excluding hydrogens is 292 g/mol. The van der Waals surface area contributed by atoms with Crippen molar-refractivity contribution >= 4 is 17.3 Å². The molecule has 1 aliphatic rings. The van der Waals surface area contributed by atoms with Gasteiger partial charge in [-0.2, -0.15) is 0 Å². The highest BCUT2D eigenvalue weighted by Crippen LogP contribution is 2.31. The molecule has 1 aromatic carbocycles. The minimum absolute atomic E-state index is 0.711. The summed E-state index contributed by atoms with van der Waals surface area (Å²) in [6.07, 6.45) is 5.34. The van der Waals surface area contributed by atoms with Gasteiger partial charge in [0.25, 0.3) is 0 Å². The maximum absolute atomic E-state index is 5.41. The smallest absolute Gasteiger partial charge is 0.146 e. The van der Waals surface area contributed by atoms with Crippen LogP contribution in [0.4, 0.5) is 17.3 Å². The van der Waals surface area contributed by atoms with Crippen molar-refractivity contribution in [2.24, 2.45) is 0 Å². The van der Waals surface area contributed by atoms with Crippen molar-refractivity contribution in [1.82, 2.24) is 9.97 Å². The molecule has 0 saturated carbocycles. The molecule has 1 aliphatic heterocycles. The van der Waals surface area contributed by atoms with E-state index in [1.807, 2.05) is 24.3 Å². The first-order valence-corrected chi connectivity index (χ1v) is 7.86. The Hall–Kier alpha value is -2.50. The van der Waals surface area contributed by atoms with Crippen molar-refractivity contribution in [1.29, 1.82) is 0 Å². The average Bonchev–Trinajstić information content (AvgIpc) is 2.63. The predicted octanol–water partition coefficient (Wildman–Crippen LogP) is 3.23. The number of aromatic nitrogens is 2. The van der Waals surface area contributed by atoms with Gasteiger partial charge < -0.3 is 19.7 Å². The van der Waals surface area contributed by atoms with E-state index in [0.717, 1.165) is 36.2 Å². The SMILES string of the molecule is COc1ccc(Nc2cc(N3CCCCC3)ncn2)c(OC)c1. The first-order valence-electron chi connectivity index (χ1n) is 7.86. The van der Waals surface area contributed by atoms with E-state index in [1.54, 1.807) is 20.5 Å². The maximum atomic E-state index is 5.41. The van der Waals surface area contributed by atoms with E-state index in [0.29, 0.717) is 5.75 Å². The molecule has 0 aliphatic carbocycles.